The molecule has 0 saturated carbocycles. The molecule has 0 spiro atoms. The van der Waals surface area contributed by atoms with Crippen LogP contribution in [0.2, 0.25) is 5.15 Å². The molecule has 19 heavy (non-hydrogen) atoms. The molecule has 2 aromatic heterocycles. The van der Waals surface area contributed by atoms with Crippen LogP contribution in [0.25, 0.3) is 0 Å². The maximum Gasteiger partial charge on any atom is 0.198 e. The lowest BCUT2D eigenvalue weighted by Crippen LogP contribution is -2.17. The molecule has 0 bridgehead atoms. The first-order valence-corrected chi connectivity index (χ1v) is 7.42. The topological polar surface area (TPSA) is 47.0 Å². The summed E-state index contributed by atoms with van der Waals surface area (Å²) in [6.07, 6.45) is 4.90. The lowest BCUT2D eigenvalue weighted by molar-refractivity contribution is 0.412. The molecule has 6 heteroatoms. The Balaban J connectivity index is 1.89. The minimum atomic E-state index is 0.273. The molecule has 100 valence electrons. The van der Waals surface area contributed by atoms with Gasteiger partial charge in [0.1, 0.15) is 6.33 Å². The van der Waals surface area contributed by atoms with E-state index >= 15 is 0 Å². The molecule has 1 aliphatic carbocycles. The van der Waals surface area contributed by atoms with Gasteiger partial charge in [-0.15, -0.1) is 11.3 Å². The van der Waals surface area contributed by atoms with E-state index in [-0.39, 0.29) is 6.04 Å². The van der Waals surface area contributed by atoms with E-state index in [0.29, 0.717) is 16.7 Å². The molecule has 0 aliphatic heterocycles. The zero-order valence-electron chi connectivity index (χ0n) is 10.5. The number of hydrogen-bond donors (Lipinski definition) is 1. The number of aromatic nitrogens is 2. The first-order chi connectivity index (χ1) is 9.29. The minimum absolute atomic E-state index is 0.273. The normalized spacial score (nSPS) is 17.9. The molecular formula is C13H14ClN3OS. The van der Waals surface area contributed by atoms with Crippen LogP contribution in [0.1, 0.15) is 29.3 Å². The molecule has 0 amide bonds. The fourth-order valence-corrected chi connectivity index (χ4v) is 3.64. The van der Waals surface area contributed by atoms with Gasteiger partial charge in [0.25, 0.3) is 0 Å². The number of nitrogens with zero attached hydrogens (tertiary/aromatic N) is 2. The van der Waals surface area contributed by atoms with Gasteiger partial charge < -0.3 is 10.1 Å². The Hall–Kier alpha value is -1.33. The number of thiophene rings is 1. The molecule has 1 N–H and O–H groups in total. The van der Waals surface area contributed by atoms with Crippen molar-refractivity contribution in [3.8, 4) is 5.75 Å². The van der Waals surface area contributed by atoms with Crippen molar-refractivity contribution in [2.75, 3.05) is 12.4 Å². The van der Waals surface area contributed by atoms with Crippen molar-refractivity contribution in [3.05, 3.63) is 33.4 Å². The number of halogens is 1. The third-order valence-electron chi connectivity index (χ3n) is 3.33. The molecule has 0 saturated heterocycles. The van der Waals surface area contributed by atoms with Crippen LogP contribution in [0.15, 0.2) is 17.8 Å². The van der Waals surface area contributed by atoms with E-state index in [1.807, 2.05) is 11.3 Å². The van der Waals surface area contributed by atoms with E-state index in [2.05, 4.69) is 26.7 Å². The van der Waals surface area contributed by atoms with Crippen LogP contribution < -0.4 is 10.1 Å². The van der Waals surface area contributed by atoms with E-state index in [9.17, 15) is 0 Å². The Morgan fingerprint density at radius 3 is 3.21 bits per heavy atom. The van der Waals surface area contributed by atoms with Gasteiger partial charge in [0.05, 0.1) is 13.2 Å². The van der Waals surface area contributed by atoms with E-state index in [1.165, 1.54) is 29.6 Å². The summed E-state index contributed by atoms with van der Waals surface area (Å²) in [5.74, 6) is 1.16. The lowest BCUT2D eigenvalue weighted by Gasteiger charge is -2.24. The molecule has 4 nitrogen and oxygen atoms in total. The van der Waals surface area contributed by atoms with Gasteiger partial charge in [0, 0.05) is 4.88 Å². The van der Waals surface area contributed by atoms with Gasteiger partial charge in [-0.05, 0) is 36.3 Å². The zero-order valence-corrected chi connectivity index (χ0v) is 12.1. The molecule has 2 heterocycles. The highest BCUT2D eigenvalue weighted by molar-refractivity contribution is 7.10. The number of fused-ring (bicyclic) bond motifs is 1. The van der Waals surface area contributed by atoms with Crippen molar-refractivity contribution in [3.63, 3.8) is 0 Å². The van der Waals surface area contributed by atoms with Crippen LogP contribution in [0.5, 0.6) is 5.75 Å². The fraction of sp³-hybridized carbons (Fsp3) is 0.385. The summed E-state index contributed by atoms with van der Waals surface area (Å²) in [5.41, 5.74) is 1.37. The first kappa shape index (κ1) is 12.7. The Morgan fingerprint density at radius 1 is 1.47 bits per heavy atom. The second-order valence-electron chi connectivity index (χ2n) is 4.43. The second kappa shape index (κ2) is 5.35. The van der Waals surface area contributed by atoms with Crippen LogP contribution in [0.3, 0.4) is 0 Å². The van der Waals surface area contributed by atoms with Gasteiger partial charge in [-0.2, -0.15) is 0 Å². The predicted octanol–water partition coefficient (Wildman–Crippen LogP) is 3.69. The minimum Gasteiger partial charge on any atom is -0.490 e. The number of nitrogens with one attached hydrogen (secondary N) is 1. The summed E-state index contributed by atoms with van der Waals surface area (Å²) in [6, 6.07) is 2.46. The van der Waals surface area contributed by atoms with Gasteiger partial charge in [-0.3, -0.25) is 0 Å². The maximum atomic E-state index is 6.01. The monoisotopic (exact) mass is 295 g/mol. The van der Waals surface area contributed by atoms with Crippen LogP contribution >= 0.6 is 22.9 Å². The SMILES string of the molecule is COc1c(Cl)ncnc1NC1CCCc2sccc21. The molecule has 0 fully saturated rings. The summed E-state index contributed by atoms with van der Waals surface area (Å²) in [5, 5.41) is 5.91. The van der Waals surface area contributed by atoms with Crippen molar-refractivity contribution >= 4 is 28.8 Å². The van der Waals surface area contributed by atoms with Crippen LogP contribution in [0, 0.1) is 0 Å². The molecule has 1 aliphatic rings. The summed E-state index contributed by atoms with van der Waals surface area (Å²) in [6.45, 7) is 0. The van der Waals surface area contributed by atoms with Crippen LogP contribution in [0.4, 0.5) is 5.82 Å². The number of rotatable bonds is 3. The maximum absolute atomic E-state index is 6.01. The van der Waals surface area contributed by atoms with Gasteiger partial charge in [-0.25, -0.2) is 9.97 Å². The summed E-state index contributed by atoms with van der Waals surface area (Å²) in [7, 11) is 1.58. The van der Waals surface area contributed by atoms with Gasteiger partial charge in [-0.1, -0.05) is 11.6 Å². The van der Waals surface area contributed by atoms with Crippen molar-refractivity contribution in [2.45, 2.75) is 25.3 Å². The average molecular weight is 296 g/mol. The Morgan fingerprint density at radius 2 is 2.37 bits per heavy atom. The largest absolute Gasteiger partial charge is 0.490 e. The number of hydrogen-bond acceptors (Lipinski definition) is 5. The summed E-state index contributed by atoms with van der Waals surface area (Å²) < 4.78 is 5.27. The van der Waals surface area contributed by atoms with Crippen molar-refractivity contribution in [1.29, 1.82) is 0 Å². The Kier molecular flexibility index (Phi) is 3.57. The fourth-order valence-electron chi connectivity index (χ4n) is 2.44. The average Bonchev–Trinajstić information content (AvgIpc) is 2.88. The van der Waals surface area contributed by atoms with Crippen molar-refractivity contribution < 1.29 is 4.74 Å². The molecule has 0 radical (unpaired) electrons. The zero-order chi connectivity index (χ0) is 13.2. The molecule has 1 atom stereocenters. The summed E-state index contributed by atoms with van der Waals surface area (Å²) in [4.78, 5) is 9.62. The van der Waals surface area contributed by atoms with Crippen molar-refractivity contribution in [2.24, 2.45) is 0 Å². The van der Waals surface area contributed by atoms with E-state index in [4.69, 9.17) is 16.3 Å². The standard InChI is InChI=1S/C13H14ClN3OS/c1-18-11-12(14)15-7-16-13(11)17-9-3-2-4-10-8(9)5-6-19-10/h5-7,9H,2-4H2,1H3,(H,15,16,17). The molecule has 0 aromatic carbocycles. The smallest absolute Gasteiger partial charge is 0.198 e. The second-order valence-corrected chi connectivity index (χ2v) is 5.79. The predicted molar refractivity (Wildman–Crippen MR) is 77.2 cm³/mol. The van der Waals surface area contributed by atoms with Gasteiger partial charge >= 0.3 is 0 Å². The number of methoxy groups -OCH3 is 1. The molecular weight excluding hydrogens is 282 g/mol. The van der Waals surface area contributed by atoms with E-state index in [1.54, 1.807) is 7.11 Å². The van der Waals surface area contributed by atoms with Crippen LogP contribution in [-0.4, -0.2) is 17.1 Å². The van der Waals surface area contributed by atoms with E-state index < -0.39 is 0 Å². The van der Waals surface area contributed by atoms with Gasteiger partial charge in [0.2, 0.25) is 0 Å². The highest BCUT2D eigenvalue weighted by Crippen LogP contribution is 2.37. The third kappa shape index (κ3) is 2.40. The Labute approximate surface area is 120 Å². The number of anilines is 1. The van der Waals surface area contributed by atoms with Crippen LogP contribution in [-0.2, 0) is 6.42 Å². The van der Waals surface area contributed by atoms with Crippen molar-refractivity contribution in [1.82, 2.24) is 9.97 Å². The first-order valence-electron chi connectivity index (χ1n) is 6.17. The highest BCUT2D eigenvalue weighted by Gasteiger charge is 2.23. The molecule has 1 unspecified atom stereocenters. The number of aryl methyl sites for hydroxylation is 1. The Bertz CT molecular complexity index is 587. The number of ether oxygens (including phenoxy) is 1. The third-order valence-corrected chi connectivity index (χ3v) is 4.59. The quantitative estimate of drug-likeness (QED) is 0.877. The highest BCUT2D eigenvalue weighted by atomic mass is 35.5. The molecule has 2 aromatic rings. The lowest BCUT2D eigenvalue weighted by atomic mass is 9.94. The molecule has 3 rings (SSSR count). The van der Waals surface area contributed by atoms with E-state index in [0.717, 1.165) is 6.42 Å². The van der Waals surface area contributed by atoms with Gasteiger partial charge in [0.15, 0.2) is 16.7 Å². The summed E-state index contributed by atoms with van der Waals surface area (Å²) >= 11 is 7.83.